The largest absolute Gasteiger partial charge is 0.454 e. The van der Waals surface area contributed by atoms with Gasteiger partial charge in [-0.15, -0.1) is 0 Å². The number of amides is 4. The molecule has 1 aliphatic carbocycles. The zero-order valence-corrected chi connectivity index (χ0v) is 20.0. The molecule has 180 valence electrons. The van der Waals surface area contributed by atoms with Gasteiger partial charge in [0.2, 0.25) is 0 Å². The van der Waals surface area contributed by atoms with Gasteiger partial charge in [-0.3, -0.25) is 19.3 Å². The SMILES string of the molecule is CCN(C(=O)COC(=O)CN1C(=O)NC2(CC(C)CC(C)(C)C2)C1=O)C1CCS(=O)(=O)C1. The third kappa shape index (κ3) is 5.07. The number of likely N-dealkylation sites (N-methyl/N-ethyl adjacent to an activating group) is 1. The molecule has 3 fully saturated rings. The van der Waals surface area contributed by atoms with E-state index in [4.69, 9.17) is 4.74 Å². The molecule has 0 bridgehead atoms. The third-order valence-electron chi connectivity index (χ3n) is 6.58. The van der Waals surface area contributed by atoms with Crippen LogP contribution in [0.4, 0.5) is 4.79 Å². The van der Waals surface area contributed by atoms with Crippen LogP contribution >= 0.6 is 0 Å². The maximum Gasteiger partial charge on any atom is 0.326 e. The molecule has 2 saturated heterocycles. The van der Waals surface area contributed by atoms with E-state index in [1.807, 2.05) is 6.92 Å². The topological polar surface area (TPSA) is 130 Å². The Morgan fingerprint density at radius 2 is 1.94 bits per heavy atom. The highest BCUT2D eigenvalue weighted by molar-refractivity contribution is 7.91. The summed E-state index contributed by atoms with van der Waals surface area (Å²) in [6.07, 6.45) is 2.31. The van der Waals surface area contributed by atoms with Crippen LogP contribution < -0.4 is 5.32 Å². The molecule has 2 aliphatic heterocycles. The average Bonchev–Trinajstić information content (AvgIpc) is 3.10. The van der Waals surface area contributed by atoms with Crippen molar-refractivity contribution in [2.75, 3.05) is 31.2 Å². The van der Waals surface area contributed by atoms with Crippen molar-refractivity contribution in [3.05, 3.63) is 0 Å². The van der Waals surface area contributed by atoms with Crippen LogP contribution in [0.1, 0.15) is 53.4 Å². The fraction of sp³-hybridized carbons (Fsp3) is 0.810. The fourth-order valence-electron chi connectivity index (χ4n) is 5.71. The number of carbonyl (C=O) groups is 4. The van der Waals surface area contributed by atoms with E-state index >= 15 is 0 Å². The normalized spacial score (nSPS) is 30.9. The van der Waals surface area contributed by atoms with E-state index in [0.717, 1.165) is 11.3 Å². The smallest absolute Gasteiger partial charge is 0.326 e. The number of ether oxygens (including phenoxy) is 1. The third-order valence-corrected chi connectivity index (χ3v) is 8.33. The summed E-state index contributed by atoms with van der Waals surface area (Å²) in [4.78, 5) is 52.7. The number of nitrogens with one attached hydrogen (secondary N) is 1. The molecule has 0 aromatic heterocycles. The summed E-state index contributed by atoms with van der Waals surface area (Å²) in [6, 6.07) is -1.06. The number of nitrogens with zero attached hydrogens (tertiary/aromatic N) is 2. The average molecular weight is 472 g/mol. The molecule has 1 spiro atoms. The first kappa shape index (κ1) is 24.5. The summed E-state index contributed by atoms with van der Waals surface area (Å²) in [5.41, 5.74) is -1.14. The number of esters is 1. The Kier molecular flexibility index (Phi) is 6.61. The van der Waals surface area contributed by atoms with Crippen molar-refractivity contribution in [1.29, 1.82) is 0 Å². The Hall–Kier alpha value is -2.17. The zero-order valence-electron chi connectivity index (χ0n) is 19.2. The quantitative estimate of drug-likeness (QED) is 0.446. The van der Waals surface area contributed by atoms with Crippen LogP contribution in [0, 0.1) is 11.3 Å². The molecular formula is C21H33N3O7S. The Balaban J connectivity index is 1.57. The van der Waals surface area contributed by atoms with Crippen molar-refractivity contribution >= 4 is 33.7 Å². The summed E-state index contributed by atoms with van der Waals surface area (Å²) in [7, 11) is -3.16. The van der Waals surface area contributed by atoms with Gasteiger partial charge in [-0.2, -0.15) is 0 Å². The summed E-state index contributed by atoms with van der Waals surface area (Å²) in [6.45, 7) is 7.03. The Labute approximate surface area is 188 Å². The number of carbonyl (C=O) groups excluding carboxylic acids is 4. The molecule has 2 heterocycles. The zero-order chi connectivity index (χ0) is 23.9. The van der Waals surface area contributed by atoms with E-state index in [2.05, 4.69) is 19.2 Å². The molecule has 3 rings (SSSR count). The van der Waals surface area contributed by atoms with Gasteiger partial charge in [0.05, 0.1) is 11.5 Å². The van der Waals surface area contributed by atoms with Gasteiger partial charge in [0, 0.05) is 12.6 Å². The summed E-state index contributed by atoms with van der Waals surface area (Å²) in [5, 5.41) is 2.80. The predicted octanol–water partition coefficient (Wildman–Crippen LogP) is 0.702. The number of rotatable bonds is 6. The summed E-state index contributed by atoms with van der Waals surface area (Å²) < 4.78 is 28.4. The lowest BCUT2D eigenvalue weighted by atomic mass is 9.64. The highest BCUT2D eigenvalue weighted by Gasteiger charge is 2.56. The predicted molar refractivity (Wildman–Crippen MR) is 115 cm³/mol. The van der Waals surface area contributed by atoms with Crippen LogP contribution in [0.25, 0.3) is 0 Å². The molecule has 11 heteroatoms. The van der Waals surface area contributed by atoms with Gasteiger partial charge in [-0.25, -0.2) is 13.2 Å². The van der Waals surface area contributed by atoms with Gasteiger partial charge >= 0.3 is 12.0 Å². The number of imide groups is 1. The van der Waals surface area contributed by atoms with Crippen LogP contribution in [0.15, 0.2) is 0 Å². The summed E-state index contributed by atoms with van der Waals surface area (Å²) >= 11 is 0. The molecule has 1 saturated carbocycles. The summed E-state index contributed by atoms with van der Waals surface area (Å²) in [5.74, 6) is -1.62. The van der Waals surface area contributed by atoms with Gasteiger partial charge in [0.25, 0.3) is 11.8 Å². The minimum absolute atomic E-state index is 0.0323. The van der Waals surface area contributed by atoms with E-state index in [1.54, 1.807) is 6.92 Å². The standard InChI is InChI=1S/C21H33N3O7S/c1-5-23(15-6-7-32(29,30)12-15)16(25)11-31-17(26)10-24-18(27)21(22-19(24)28)9-14(2)8-20(3,4)13-21/h14-15H,5-13H2,1-4H3,(H,22,28). The van der Waals surface area contributed by atoms with Crippen LogP contribution in [0.3, 0.4) is 0 Å². The highest BCUT2D eigenvalue weighted by Crippen LogP contribution is 2.46. The molecule has 3 atom stereocenters. The van der Waals surface area contributed by atoms with E-state index in [0.29, 0.717) is 25.8 Å². The second-order valence-electron chi connectivity index (χ2n) is 10.2. The molecule has 0 aromatic carbocycles. The van der Waals surface area contributed by atoms with Crippen LogP contribution in [0.5, 0.6) is 0 Å². The molecule has 0 aromatic rings. The second-order valence-corrected chi connectivity index (χ2v) is 12.4. The second kappa shape index (κ2) is 8.64. The van der Waals surface area contributed by atoms with Crippen molar-refractivity contribution in [2.24, 2.45) is 11.3 Å². The van der Waals surface area contributed by atoms with Crippen molar-refractivity contribution < 1.29 is 32.3 Å². The fourth-order valence-corrected chi connectivity index (χ4v) is 7.44. The first-order chi connectivity index (χ1) is 14.8. The van der Waals surface area contributed by atoms with Crippen molar-refractivity contribution in [2.45, 2.75) is 65.0 Å². The molecule has 0 radical (unpaired) electrons. The van der Waals surface area contributed by atoms with Crippen LogP contribution in [0.2, 0.25) is 0 Å². The lowest BCUT2D eigenvalue weighted by Gasteiger charge is -2.43. The first-order valence-corrected chi connectivity index (χ1v) is 12.9. The molecule has 10 nitrogen and oxygen atoms in total. The molecule has 3 unspecified atom stereocenters. The maximum absolute atomic E-state index is 13.1. The Morgan fingerprint density at radius 3 is 2.50 bits per heavy atom. The number of sulfone groups is 1. The molecule has 3 aliphatic rings. The lowest BCUT2D eigenvalue weighted by molar-refractivity contribution is -0.154. The number of urea groups is 1. The van der Waals surface area contributed by atoms with Crippen molar-refractivity contribution in [1.82, 2.24) is 15.1 Å². The van der Waals surface area contributed by atoms with Crippen LogP contribution in [-0.2, 0) is 29.0 Å². The monoisotopic (exact) mass is 471 g/mol. The van der Waals surface area contributed by atoms with Gasteiger partial charge in [-0.05, 0) is 43.9 Å². The first-order valence-electron chi connectivity index (χ1n) is 11.1. The lowest BCUT2D eigenvalue weighted by Crippen LogP contribution is -2.54. The van der Waals surface area contributed by atoms with Gasteiger partial charge in [0.15, 0.2) is 16.4 Å². The maximum atomic E-state index is 13.1. The molecule has 32 heavy (non-hydrogen) atoms. The van der Waals surface area contributed by atoms with E-state index in [-0.39, 0.29) is 22.8 Å². The van der Waals surface area contributed by atoms with E-state index in [9.17, 15) is 27.6 Å². The van der Waals surface area contributed by atoms with Gasteiger partial charge in [-0.1, -0.05) is 20.8 Å². The van der Waals surface area contributed by atoms with Gasteiger partial charge in [0.1, 0.15) is 12.1 Å². The number of hydrogen-bond acceptors (Lipinski definition) is 7. The minimum atomic E-state index is -3.16. The minimum Gasteiger partial charge on any atom is -0.454 e. The molecule has 1 N–H and O–H groups in total. The van der Waals surface area contributed by atoms with E-state index < -0.39 is 58.4 Å². The van der Waals surface area contributed by atoms with Crippen molar-refractivity contribution in [3.8, 4) is 0 Å². The highest BCUT2D eigenvalue weighted by atomic mass is 32.2. The number of hydrogen-bond donors (Lipinski definition) is 1. The molecular weight excluding hydrogens is 438 g/mol. The molecule has 4 amide bonds. The Bertz CT molecular complexity index is 916. The van der Waals surface area contributed by atoms with E-state index in [1.165, 1.54) is 4.90 Å². The van der Waals surface area contributed by atoms with Crippen LogP contribution in [-0.4, -0.2) is 84.8 Å². The van der Waals surface area contributed by atoms with Gasteiger partial charge < -0.3 is 15.0 Å². The van der Waals surface area contributed by atoms with Crippen molar-refractivity contribution in [3.63, 3.8) is 0 Å². The Morgan fingerprint density at radius 1 is 1.25 bits per heavy atom.